The van der Waals surface area contributed by atoms with Crippen LogP contribution in [0.1, 0.15) is 12.5 Å². The average molecular weight is 302 g/mol. The molecule has 0 atom stereocenters. The molecule has 0 spiro atoms. The summed E-state index contributed by atoms with van der Waals surface area (Å²) >= 11 is 0. The Hall–Kier alpha value is -2.34. The zero-order valence-electron chi connectivity index (χ0n) is 11.4. The summed E-state index contributed by atoms with van der Waals surface area (Å²) in [6, 6.07) is 13.9. The topological polar surface area (TPSA) is 72.2 Å². The Kier molecular flexibility index (Phi) is 3.39. The van der Waals surface area contributed by atoms with Crippen molar-refractivity contribution in [2.24, 2.45) is 0 Å². The normalized spacial score (nSPS) is 11.7. The smallest absolute Gasteiger partial charge is 0.263 e. The van der Waals surface area contributed by atoms with Crippen LogP contribution in [0.15, 0.2) is 57.9 Å². The quantitative estimate of drug-likeness (QED) is 0.803. The monoisotopic (exact) mass is 302 g/mol. The summed E-state index contributed by atoms with van der Waals surface area (Å²) < 4.78 is 32.4. The van der Waals surface area contributed by atoms with Gasteiger partial charge in [-0.25, -0.2) is 8.42 Å². The first kappa shape index (κ1) is 13.6. The van der Waals surface area contributed by atoms with Crippen LogP contribution in [0, 0.1) is 0 Å². The third-order valence-electron chi connectivity index (χ3n) is 3.23. The predicted molar refractivity (Wildman–Crippen MR) is 80.6 cm³/mol. The molecule has 3 rings (SSSR count). The summed E-state index contributed by atoms with van der Waals surface area (Å²) in [5.74, 6) is 0.201. The van der Waals surface area contributed by atoms with Crippen LogP contribution in [-0.2, 0) is 16.4 Å². The van der Waals surface area contributed by atoms with Gasteiger partial charge in [0.05, 0.1) is 10.3 Å². The molecule has 1 N–H and O–H groups in total. The summed E-state index contributed by atoms with van der Waals surface area (Å²) in [6.07, 6.45) is 0.774. The van der Waals surface area contributed by atoms with Gasteiger partial charge in [0.2, 0.25) is 0 Å². The molecule has 1 aromatic heterocycles. The Bertz CT molecular complexity index is 885. The maximum absolute atomic E-state index is 12.4. The van der Waals surface area contributed by atoms with Gasteiger partial charge in [0.15, 0.2) is 11.4 Å². The Morgan fingerprint density at radius 2 is 1.95 bits per heavy atom. The molecule has 5 nitrogen and oxygen atoms in total. The molecule has 0 fully saturated rings. The van der Waals surface area contributed by atoms with Gasteiger partial charge in [-0.2, -0.15) is 0 Å². The lowest BCUT2D eigenvalue weighted by Crippen LogP contribution is -2.13. The molecule has 3 aromatic rings. The van der Waals surface area contributed by atoms with Crippen LogP contribution in [0.25, 0.3) is 11.0 Å². The number of para-hydroxylation sites is 1. The van der Waals surface area contributed by atoms with Crippen molar-refractivity contribution in [1.82, 2.24) is 5.16 Å². The molecule has 0 aliphatic heterocycles. The molecule has 0 aliphatic rings. The number of rotatable bonds is 4. The van der Waals surface area contributed by atoms with Gasteiger partial charge in [-0.15, -0.1) is 0 Å². The van der Waals surface area contributed by atoms with Gasteiger partial charge in [0.1, 0.15) is 0 Å². The number of aromatic nitrogens is 1. The highest BCUT2D eigenvalue weighted by Crippen LogP contribution is 2.24. The molecule has 0 amide bonds. The second-order valence-corrected chi connectivity index (χ2v) is 6.32. The van der Waals surface area contributed by atoms with Gasteiger partial charge in [-0.1, -0.05) is 36.3 Å². The summed E-state index contributed by atoms with van der Waals surface area (Å²) in [5.41, 5.74) is 1.50. The highest BCUT2D eigenvalue weighted by atomic mass is 32.2. The van der Waals surface area contributed by atoms with Crippen molar-refractivity contribution < 1.29 is 12.9 Å². The van der Waals surface area contributed by atoms with Crippen molar-refractivity contribution in [3.8, 4) is 0 Å². The van der Waals surface area contributed by atoms with E-state index in [1.165, 1.54) is 0 Å². The van der Waals surface area contributed by atoms with Crippen LogP contribution in [0.4, 0.5) is 5.82 Å². The van der Waals surface area contributed by atoms with E-state index in [1.54, 1.807) is 42.5 Å². The molecule has 0 radical (unpaired) electrons. The molecule has 2 aromatic carbocycles. The molecule has 6 heteroatoms. The predicted octanol–water partition coefficient (Wildman–Crippen LogP) is 3.19. The summed E-state index contributed by atoms with van der Waals surface area (Å²) in [7, 11) is -3.68. The molecule has 1 heterocycles. The number of anilines is 1. The van der Waals surface area contributed by atoms with Gasteiger partial charge >= 0.3 is 0 Å². The molecule has 0 saturated carbocycles. The first-order valence-electron chi connectivity index (χ1n) is 6.56. The Labute approximate surface area is 122 Å². The van der Waals surface area contributed by atoms with Gasteiger partial charge < -0.3 is 4.52 Å². The number of benzene rings is 2. The minimum atomic E-state index is -3.68. The van der Waals surface area contributed by atoms with Gasteiger partial charge in [0, 0.05) is 0 Å². The van der Waals surface area contributed by atoms with Crippen LogP contribution in [0.3, 0.4) is 0 Å². The van der Waals surface area contributed by atoms with Crippen LogP contribution in [0.5, 0.6) is 0 Å². The Morgan fingerprint density at radius 1 is 1.14 bits per heavy atom. The minimum Gasteiger partial charge on any atom is -0.354 e. The van der Waals surface area contributed by atoms with E-state index in [4.69, 9.17) is 4.52 Å². The van der Waals surface area contributed by atoms with E-state index in [9.17, 15) is 8.42 Å². The summed E-state index contributed by atoms with van der Waals surface area (Å²) in [4.78, 5) is 0.217. The number of nitrogens with one attached hydrogen (secondary N) is 1. The summed E-state index contributed by atoms with van der Waals surface area (Å²) in [6.45, 7) is 1.98. The standard InChI is InChI=1S/C15H14N2O3S/c1-2-11-6-5-7-12(10-11)21(18,19)17-15-13-8-3-4-9-14(13)20-16-15/h3-10H,2H2,1H3,(H,16,17). The zero-order chi connectivity index (χ0) is 14.9. The molecule has 0 bridgehead atoms. The van der Waals surface area contributed by atoms with Crippen LogP contribution >= 0.6 is 0 Å². The van der Waals surface area contributed by atoms with Crippen molar-refractivity contribution in [3.63, 3.8) is 0 Å². The van der Waals surface area contributed by atoms with E-state index in [0.29, 0.717) is 11.0 Å². The van der Waals surface area contributed by atoms with E-state index < -0.39 is 10.0 Å². The Balaban J connectivity index is 1.99. The molecule has 21 heavy (non-hydrogen) atoms. The molecule has 108 valence electrons. The molecular weight excluding hydrogens is 288 g/mol. The molecule has 0 unspecified atom stereocenters. The lowest BCUT2D eigenvalue weighted by atomic mass is 10.2. The fourth-order valence-electron chi connectivity index (χ4n) is 2.08. The van der Waals surface area contributed by atoms with Crippen LogP contribution in [-0.4, -0.2) is 13.6 Å². The third kappa shape index (κ3) is 2.62. The van der Waals surface area contributed by atoms with Crippen molar-refractivity contribution >= 4 is 26.8 Å². The lowest BCUT2D eigenvalue weighted by Gasteiger charge is -2.06. The number of fused-ring (bicyclic) bond motifs is 1. The first-order chi connectivity index (χ1) is 10.1. The van der Waals surface area contributed by atoms with Crippen LogP contribution in [0.2, 0.25) is 0 Å². The lowest BCUT2D eigenvalue weighted by molar-refractivity contribution is 0.460. The Morgan fingerprint density at radius 3 is 2.76 bits per heavy atom. The average Bonchev–Trinajstić information content (AvgIpc) is 2.90. The van der Waals surface area contributed by atoms with E-state index >= 15 is 0 Å². The fraction of sp³-hybridized carbons (Fsp3) is 0.133. The largest absolute Gasteiger partial charge is 0.354 e. The first-order valence-corrected chi connectivity index (χ1v) is 8.04. The maximum Gasteiger partial charge on any atom is 0.263 e. The second kappa shape index (κ2) is 5.21. The van der Waals surface area contributed by atoms with Crippen LogP contribution < -0.4 is 4.72 Å². The van der Waals surface area contributed by atoms with E-state index in [1.807, 2.05) is 13.0 Å². The number of sulfonamides is 1. The van der Waals surface area contributed by atoms with Crippen molar-refractivity contribution in [2.75, 3.05) is 4.72 Å². The summed E-state index contributed by atoms with van der Waals surface area (Å²) in [5, 5.41) is 4.42. The SMILES string of the molecule is CCc1cccc(S(=O)(=O)Nc2noc3ccccc23)c1. The fourth-order valence-corrected chi connectivity index (χ4v) is 3.16. The van der Waals surface area contributed by atoms with Gasteiger partial charge in [0.25, 0.3) is 10.0 Å². The minimum absolute atomic E-state index is 0.201. The number of aryl methyl sites for hydroxylation is 1. The van der Waals surface area contributed by atoms with E-state index in [-0.39, 0.29) is 10.7 Å². The molecule has 0 saturated heterocycles. The third-order valence-corrected chi connectivity index (χ3v) is 4.56. The van der Waals surface area contributed by atoms with Crippen molar-refractivity contribution in [1.29, 1.82) is 0 Å². The highest BCUT2D eigenvalue weighted by molar-refractivity contribution is 7.92. The maximum atomic E-state index is 12.4. The molecular formula is C15H14N2O3S. The van der Waals surface area contributed by atoms with Gasteiger partial charge in [-0.05, 0) is 36.2 Å². The van der Waals surface area contributed by atoms with Crippen molar-refractivity contribution in [2.45, 2.75) is 18.2 Å². The molecule has 0 aliphatic carbocycles. The number of hydrogen-bond acceptors (Lipinski definition) is 4. The highest BCUT2D eigenvalue weighted by Gasteiger charge is 2.18. The van der Waals surface area contributed by atoms with E-state index in [2.05, 4.69) is 9.88 Å². The van der Waals surface area contributed by atoms with Crippen molar-refractivity contribution in [3.05, 3.63) is 54.1 Å². The van der Waals surface area contributed by atoms with Gasteiger partial charge in [-0.3, -0.25) is 4.72 Å². The number of hydrogen-bond donors (Lipinski definition) is 1. The van der Waals surface area contributed by atoms with E-state index in [0.717, 1.165) is 12.0 Å². The second-order valence-electron chi connectivity index (χ2n) is 4.63. The number of nitrogens with zero attached hydrogens (tertiary/aromatic N) is 1. The zero-order valence-corrected chi connectivity index (χ0v) is 12.2.